The number of nitriles is 1. The molecule has 0 aliphatic carbocycles. The summed E-state index contributed by atoms with van der Waals surface area (Å²) in [4.78, 5) is 10.2. The van der Waals surface area contributed by atoms with E-state index in [1.807, 2.05) is 13.0 Å². The number of nitrogens with zero attached hydrogens (tertiary/aromatic N) is 1. The van der Waals surface area contributed by atoms with Gasteiger partial charge in [0.2, 0.25) is 6.41 Å². The van der Waals surface area contributed by atoms with Crippen molar-refractivity contribution in [2.24, 2.45) is 0 Å². The molecule has 0 atom stereocenters. The predicted octanol–water partition coefficient (Wildman–Crippen LogP) is 1.53. The van der Waals surface area contributed by atoms with Gasteiger partial charge in [-0.15, -0.1) is 0 Å². The van der Waals surface area contributed by atoms with Gasteiger partial charge in [0.05, 0.1) is 12.2 Å². The number of rotatable bonds is 4. The summed E-state index contributed by atoms with van der Waals surface area (Å²) in [5, 5.41) is 11.3. The van der Waals surface area contributed by atoms with Crippen LogP contribution in [0.1, 0.15) is 12.5 Å². The normalized spacial score (nSPS) is 8.86. The molecule has 0 fully saturated rings. The zero-order chi connectivity index (χ0) is 10.4. The number of carbonyl (C=O) groups is 1. The van der Waals surface area contributed by atoms with E-state index in [4.69, 9.17) is 10.00 Å². The van der Waals surface area contributed by atoms with Crippen LogP contribution >= 0.6 is 0 Å². The van der Waals surface area contributed by atoms with Crippen molar-refractivity contribution in [3.63, 3.8) is 0 Å². The Balaban J connectivity index is 3.00. The number of hydrogen-bond donors (Lipinski definition) is 1. The van der Waals surface area contributed by atoms with E-state index in [0.717, 1.165) is 0 Å². The largest absolute Gasteiger partial charge is 0.492 e. The third kappa shape index (κ3) is 2.23. The van der Waals surface area contributed by atoms with Crippen molar-refractivity contribution in [1.29, 1.82) is 5.26 Å². The topological polar surface area (TPSA) is 62.1 Å². The number of ether oxygens (including phenoxy) is 1. The Kier molecular flexibility index (Phi) is 3.50. The molecular weight excluding hydrogens is 180 g/mol. The van der Waals surface area contributed by atoms with Crippen molar-refractivity contribution < 1.29 is 9.53 Å². The molecule has 0 spiro atoms. The molecule has 14 heavy (non-hydrogen) atoms. The van der Waals surface area contributed by atoms with Gasteiger partial charge in [0.1, 0.15) is 11.8 Å². The number of carbonyl (C=O) groups excluding carboxylic acids is 1. The van der Waals surface area contributed by atoms with Crippen LogP contribution in [0.2, 0.25) is 0 Å². The average molecular weight is 190 g/mol. The molecule has 0 bridgehead atoms. The monoisotopic (exact) mass is 190 g/mol. The minimum absolute atomic E-state index is 0.415. The number of anilines is 1. The van der Waals surface area contributed by atoms with Gasteiger partial charge in [-0.2, -0.15) is 5.26 Å². The summed E-state index contributed by atoms with van der Waals surface area (Å²) < 4.78 is 5.22. The van der Waals surface area contributed by atoms with Crippen molar-refractivity contribution >= 4 is 12.1 Å². The van der Waals surface area contributed by atoms with Gasteiger partial charge < -0.3 is 10.1 Å². The van der Waals surface area contributed by atoms with E-state index in [1.165, 1.54) is 0 Å². The van der Waals surface area contributed by atoms with Gasteiger partial charge in [-0.25, -0.2) is 0 Å². The van der Waals surface area contributed by atoms with E-state index in [1.54, 1.807) is 18.2 Å². The standard InChI is InChI=1S/C10H10N2O2/c1-2-14-10-4-3-9(12-7-13)5-8(10)6-11/h3-5,7H,2H2,1H3,(H,12,13). The summed E-state index contributed by atoms with van der Waals surface area (Å²) in [5.41, 5.74) is 0.999. The van der Waals surface area contributed by atoms with Crippen molar-refractivity contribution in [2.75, 3.05) is 11.9 Å². The van der Waals surface area contributed by atoms with Gasteiger partial charge in [0.25, 0.3) is 0 Å². The summed E-state index contributed by atoms with van der Waals surface area (Å²) in [6.45, 7) is 2.36. The van der Waals surface area contributed by atoms with E-state index < -0.39 is 0 Å². The van der Waals surface area contributed by atoms with Gasteiger partial charge in [-0.3, -0.25) is 4.79 Å². The maximum atomic E-state index is 10.2. The van der Waals surface area contributed by atoms with Gasteiger partial charge >= 0.3 is 0 Å². The maximum absolute atomic E-state index is 10.2. The third-order valence-corrected chi connectivity index (χ3v) is 1.63. The first kappa shape index (κ1) is 10.1. The van der Waals surface area contributed by atoms with Crippen LogP contribution in [0.3, 0.4) is 0 Å². The minimum atomic E-state index is 0.415. The lowest BCUT2D eigenvalue weighted by Crippen LogP contribution is -1.97. The first-order valence-corrected chi connectivity index (χ1v) is 4.19. The lowest BCUT2D eigenvalue weighted by Gasteiger charge is -2.06. The van der Waals surface area contributed by atoms with Gasteiger partial charge in [-0.1, -0.05) is 0 Å². The molecule has 1 amide bonds. The molecule has 4 nitrogen and oxygen atoms in total. The molecule has 4 heteroatoms. The molecule has 1 aromatic carbocycles. The van der Waals surface area contributed by atoms with E-state index in [0.29, 0.717) is 30.0 Å². The Hall–Kier alpha value is -2.02. The average Bonchev–Trinajstić information content (AvgIpc) is 2.21. The van der Waals surface area contributed by atoms with Crippen LogP contribution < -0.4 is 10.1 Å². The van der Waals surface area contributed by atoms with Gasteiger partial charge in [-0.05, 0) is 25.1 Å². The van der Waals surface area contributed by atoms with Gasteiger partial charge in [0, 0.05) is 5.69 Å². The highest BCUT2D eigenvalue weighted by Gasteiger charge is 2.03. The maximum Gasteiger partial charge on any atom is 0.211 e. The highest BCUT2D eigenvalue weighted by molar-refractivity contribution is 5.72. The minimum Gasteiger partial charge on any atom is -0.492 e. The molecule has 0 unspecified atom stereocenters. The molecule has 0 radical (unpaired) electrons. The molecule has 1 aromatic rings. The SMILES string of the molecule is CCOc1ccc(NC=O)cc1C#N. The second-order valence-corrected chi connectivity index (χ2v) is 2.52. The Bertz CT molecular complexity index is 369. The van der Waals surface area contributed by atoms with E-state index in [2.05, 4.69) is 5.32 Å². The Labute approximate surface area is 82.1 Å². The van der Waals surface area contributed by atoms with E-state index in [9.17, 15) is 4.79 Å². The molecule has 0 aliphatic rings. The zero-order valence-corrected chi connectivity index (χ0v) is 7.78. The molecule has 72 valence electrons. The lowest BCUT2D eigenvalue weighted by molar-refractivity contribution is -0.105. The predicted molar refractivity (Wildman–Crippen MR) is 52.0 cm³/mol. The Morgan fingerprint density at radius 3 is 3.00 bits per heavy atom. The second-order valence-electron chi connectivity index (χ2n) is 2.52. The number of hydrogen-bond acceptors (Lipinski definition) is 3. The van der Waals surface area contributed by atoms with Crippen molar-refractivity contribution in [3.8, 4) is 11.8 Å². The number of benzene rings is 1. The first-order chi connectivity index (χ1) is 6.81. The lowest BCUT2D eigenvalue weighted by atomic mass is 10.2. The Morgan fingerprint density at radius 2 is 2.43 bits per heavy atom. The quantitative estimate of drug-likeness (QED) is 0.732. The third-order valence-electron chi connectivity index (χ3n) is 1.63. The van der Waals surface area contributed by atoms with Crippen molar-refractivity contribution in [3.05, 3.63) is 23.8 Å². The molecule has 0 saturated heterocycles. The first-order valence-electron chi connectivity index (χ1n) is 4.19. The zero-order valence-electron chi connectivity index (χ0n) is 7.78. The summed E-state index contributed by atoms with van der Waals surface area (Å²) in [7, 11) is 0. The highest BCUT2D eigenvalue weighted by atomic mass is 16.5. The van der Waals surface area contributed by atoms with Crippen LogP contribution in [-0.2, 0) is 4.79 Å². The summed E-state index contributed by atoms with van der Waals surface area (Å²) in [6.07, 6.45) is 0.566. The second kappa shape index (κ2) is 4.87. The van der Waals surface area contributed by atoms with E-state index in [-0.39, 0.29) is 0 Å². The molecule has 1 rings (SSSR count). The molecule has 0 aliphatic heterocycles. The van der Waals surface area contributed by atoms with Crippen LogP contribution in [0, 0.1) is 11.3 Å². The molecular formula is C10H10N2O2. The smallest absolute Gasteiger partial charge is 0.211 e. The number of amides is 1. The van der Waals surface area contributed by atoms with Crippen LogP contribution in [0.4, 0.5) is 5.69 Å². The number of nitrogens with one attached hydrogen (secondary N) is 1. The van der Waals surface area contributed by atoms with Crippen LogP contribution in [0.5, 0.6) is 5.75 Å². The molecule has 0 saturated carbocycles. The van der Waals surface area contributed by atoms with Crippen LogP contribution in [0.15, 0.2) is 18.2 Å². The molecule has 0 heterocycles. The summed E-state index contributed by atoms with van der Waals surface area (Å²) in [6, 6.07) is 6.91. The van der Waals surface area contributed by atoms with Gasteiger partial charge in [0.15, 0.2) is 0 Å². The van der Waals surface area contributed by atoms with Crippen molar-refractivity contribution in [2.45, 2.75) is 6.92 Å². The van der Waals surface area contributed by atoms with Crippen LogP contribution in [0.25, 0.3) is 0 Å². The molecule has 0 aromatic heterocycles. The van der Waals surface area contributed by atoms with Crippen molar-refractivity contribution in [1.82, 2.24) is 0 Å². The van der Waals surface area contributed by atoms with Crippen LogP contribution in [-0.4, -0.2) is 13.0 Å². The fourth-order valence-corrected chi connectivity index (χ4v) is 1.06. The highest BCUT2D eigenvalue weighted by Crippen LogP contribution is 2.21. The summed E-state index contributed by atoms with van der Waals surface area (Å²) >= 11 is 0. The Morgan fingerprint density at radius 1 is 1.64 bits per heavy atom. The molecule has 1 N–H and O–H groups in total. The fraction of sp³-hybridized carbons (Fsp3) is 0.200. The fourth-order valence-electron chi connectivity index (χ4n) is 1.06. The summed E-state index contributed by atoms with van der Waals surface area (Å²) in [5.74, 6) is 0.534. The van der Waals surface area contributed by atoms with E-state index >= 15 is 0 Å².